The average Bonchev–Trinajstić information content (AvgIpc) is 2.95. The Labute approximate surface area is 89.3 Å². The summed E-state index contributed by atoms with van der Waals surface area (Å²) >= 11 is 0. The predicted octanol–water partition coefficient (Wildman–Crippen LogP) is 3.25. The Morgan fingerprint density at radius 1 is 1.33 bits per heavy atom. The van der Waals surface area contributed by atoms with E-state index < -0.39 is 0 Å². The summed E-state index contributed by atoms with van der Waals surface area (Å²) in [6.45, 7) is 2.16. The van der Waals surface area contributed by atoms with E-state index in [1.165, 1.54) is 18.2 Å². The topological polar surface area (TPSA) is 25.2 Å². The van der Waals surface area contributed by atoms with Gasteiger partial charge < -0.3 is 9.73 Å². The molecule has 1 aromatic heterocycles. The van der Waals surface area contributed by atoms with E-state index in [2.05, 4.69) is 24.4 Å². The van der Waals surface area contributed by atoms with Crippen molar-refractivity contribution < 1.29 is 4.42 Å². The minimum atomic E-state index is 0.324. The summed E-state index contributed by atoms with van der Waals surface area (Å²) < 4.78 is 5.80. The average molecular weight is 201 g/mol. The van der Waals surface area contributed by atoms with Gasteiger partial charge in [0.05, 0.1) is 6.04 Å². The molecule has 15 heavy (non-hydrogen) atoms. The standard InChI is InChI=1S/C13H15NO/c1-9(14-11-6-7-11)13-8-10-4-2-3-5-12(10)15-13/h2-5,8-9,11,14H,6-7H2,1H3/t9-/m1/s1. The zero-order chi connectivity index (χ0) is 10.3. The van der Waals surface area contributed by atoms with Crippen molar-refractivity contribution in [2.24, 2.45) is 0 Å². The van der Waals surface area contributed by atoms with Gasteiger partial charge in [0.2, 0.25) is 0 Å². The van der Waals surface area contributed by atoms with E-state index in [-0.39, 0.29) is 0 Å². The number of para-hydroxylation sites is 1. The van der Waals surface area contributed by atoms with Crippen molar-refractivity contribution in [3.8, 4) is 0 Å². The van der Waals surface area contributed by atoms with Crippen LogP contribution in [0.15, 0.2) is 34.7 Å². The maximum absolute atomic E-state index is 5.80. The molecule has 78 valence electrons. The largest absolute Gasteiger partial charge is 0.459 e. The van der Waals surface area contributed by atoms with Gasteiger partial charge in [-0.3, -0.25) is 0 Å². The second kappa shape index (κ2) is 3.38. The van der Waals surface area contributed by atoms with Crippen LogP contribution in [0.4, 0.5) is 0 Å². The van der Waals surface area contributed by atoms with Gasteiger partial charge in [-0.25, -0.2) is 0 Å². The van der Waals surface area contributed by atoms with Gasteiger partial charge in [-0.1, -0.05) is 18.2 Å². The molecule has 0 radical (unpaired) electrons. The van der Waals surface area contributed by atoms with Crippen molar-refractivity contribution in [1.29, 1.82) is 0 Å². The van der Waals surface area contributed by atoms with Crippen LogP contribution in [0.25, 0.3) is 11.0 Å². The van der Waals surface area contributed by atoms with E-state index in [0.29, 0.717) is 12.1 Å². The molecule has 1 atom stereocenters. The van der Waals surface area contributed by atoms with E-state index in [1.54, 1.807) is 0 Å². The normalized spacial score (nSPS) is 18.2. The smallest absolute Gasteiger partial charge is 0.134 e. The molecule has 1 heterocycles. The van der Waals surface area contributed by atoms with E-state index in [0.717, 1.165) is 11.3 Å². The minimum absolute atomic E-state index is 0.324. The second-order valence-electron chi connectivity index (χ2n) is 4.35. The number of hydrogen-bond donors (Lipinski definition) is 1. The SMILES string of the molecule is C[C@@H](NC1CC1)c1cc2ccccc2o1. The van der Waals surface area contributed by atoms with Crippen molar-refractivity contribution in [2.75, 3.05) is 0 Å². The highest BCUT2D eigenvalue weighted by Gasteiger charge is 2.24. The zero-order valence-electron chi connectivity index (χ0n) is 8.86. The second-order valence-corrected chi connectivity index (χ2v) is 4.35. The monoisotopic (exact) mass is 201 g/mol. The third kappa shape index (κ3) is 1.77. The molecule has 1 aliphatic carbocycles. The van der Waals surface area contributed by atoms with Crippen LogP contribution in [0, 0.1) is 0 Å². The number of hydrogen-bond acceptors (Lipinski definition) is 2. The van der Waals surface area contributed by atoms with Crippen molar-refractivity contribution in [3.63, 3.8) is 0 Å². The van der Waals surface area contributed by atoms with Gasteiger partial charge in [-0.15, -0.1) is 0 Å². The molecule has 0 amide bonds. The minimum Gasteiger partial charge on any atom is -0.459 e. The van der Waals surface area contributed by atoms with E-state index in [4.69, 9.17) is 4.42 Å². The van der Waals surface area contributed by atoms with Gasteiger partial charge in [0, 0.05) is 11.4 Å². The Kier molecular flexibility index (Phi) is 2.03. The van der Waals surface area contributed by atoms with Gasteiger partial charge >= 0.3 is 0 Å². The lowest BCUT2D eigenvalue weighted by atomic mass is 10.2. The first-order valence-corrected chi connectivity index (χ1v) is 5.57. The molecule has 2 nitrogen and oxygen atoms in total. The summed E-state index contributed by atoms with van der Waals surface area (Å²) in [6, 6.07) is 11.3. The van der Waals surface area contributed by atoms with Crippen LogP contribution in [0.1, 0.15) is 31.6 Å². The number of fused-ring (bicyclic) bond motifs is 1. The van der Waals surface area contributed by atoms with Crippen molar-refractivity contribution in [2.45, 2.75) is 31.8 Å². The lowest BCUT2D eigenvalue weighted by molar-refractivity contribution is 0.449. The Bertz CT molecular complexity index is 437. The molecule has 1 aromatic carbocycles. The fraction of sp³-hybridized carbons (Fsp3) is 0.385. The lowest BCUT2D eigenvalue weighted by Gasteiger charge is -2.09. The van der Waals surface area contributed by atoms with Gasteiger partial charge in [0.25, 0.3) is 0 Å². The summed E-state index contributed by atoms with van der Waals surface area (Å²) in [4.78, 5) is 0. The fourth-order valence-electron chi connectivity index (χ4n) is 1.90. The van der Waals surface area contributed by atoms with Crippen molar-refractivity contribution >= 4 is 11.0 Å². The highest BCUT2D eigenvalue weighted by atomic mass is 16.3. The molecule has 0 saturated heterocycles. The Morgan fingerprint density at radius 2 is 2.13 bits per heavy atom. The van der Waals surface area contributed by atoms with Crippen LogP contribution >= 0.6 is 0 Å². The molecule has 0 unspecified atom stereocenters. The highest BCUT2D eigenvalue weighted by Crippen LogP contribution is 2.27. The van der Waals surface area contributed by atoms with Gasteiger partial charge in [0.15, 0.2) is 0 Å². The number of benzene rings is 1. The summed E-state index contributed by atoms with van der Waals surface area (Å²) in [6.07, 6.45) is 2.62. The van der Waals surface area contributed by atoms with Crippen LogP contribution in [0.3, 0.4) is 0 Å². The van der Waals surface area contributed by atoms with Gasteiger partial charge in [0.1, 0.15) is 11.3 Å². The van der Waals surface area contributed by atoms with Crippen molar-refractivity contribution in [3.05, 3.63) is 36.1 Å². The lowest BCUT2D eigenvalue weighted by Crippen LogP contribution is -2.19. The number of furan rings is 1. The molecule has 0 spiro atoms. The maximum atomic E-state index is 5.80. The van der Waals surface area contributed by atoms with E-state index in [1.807, 2.05) is 18.2 Å². The third-order valence-electron chi connectivity index (χ3n) is 2.93. The Morgan fingerprint density at radius 3 is 2.87 bits per heavy atom. The van der Waals surface area contributed by atoms with Gasteiger partial charge in [-0.05, 0) is 31.9 Å². The first-order valence-electron chi connectivity index (χ1n) is 5.57. The number of nitrogens with one attached hydrogen (secondary N) is 1. The number of rotatable bonds is 3. The third-order valence-corrected chi connectivity index (χ3v) is 2.93. The molecule has 1 aliphatic rings. The predicted molar refractivity (Wildman–Crippen MR) is 60.8 cm³/mol. The maximum Gasteiger partial charge on any atom is 0.134 e. The first-order chi connectivity index (χ1) is 7.33. The molecular formula is C13H15NO. The first kappa shape index (κ1) is 8.98. The van der Waals surface area contributed by atoms with Crippen LogP contribution in [-0.2, 0) is 0 Å². The van der Waals surface area contributed by atoms with Crippen LogP contribution in [-0.4, -0.2) is 6.04 Å². The molecule has 1 fully saturated rings. The molecule has 2 aromatic rings. The van der Waals surface area contributed by atoms with Gasteiger partial charge in [-0.2, -0.15) is 0 Å². The molecular weight excluding hydrogens is 186 g/mol. The summed E-state index contributed by atoms with van der Waals surface area (Å²) in [5.41, 5.74) is 0.983. The van der Waals surface area contributed by atoms with Crippen LogP contribution in [0.5, 0.6) is 0 Å². The van der Waals surface area contributed by atoms with E-state index >= 15 is 0 Å². The summed E-state index contributed by atoms with van der Waals surface area (Å²) in [5, 5.41) is 4.73. The van der Waals surface area contributed by atoms with E-state index in [9.17, 15) is 0 Å². The Hall–Kier alpha value is -1.28. The molecule has 3 rings (SSSR count). The zero-order valence-corrected chi connectivity index (χ0v) is 8.86. The van der Waals surface area contributed by atoms with Crippen molar-refractivity contribution in [1.82, 2.24) is 5.32 Å². The highest BCUT2D eigenvalue weighted by molar-refractivity contribution is 5.77. The van der Waals surface area contributed by atoms with Crippen LogP contribution in [0.2, 0.25) is 0 Å². The Balaban J connectivity index is 1.89. The summed E-state index contributed by atoms with van der Waals surface area (Å²) in [7, 11) is 0. The fourth-order valence-corrected chi connectivity index (χ4v) is 1.90. The molecule has 1 saturated carbocycles. The molecule has 2 heteroatoms. The summed E-state index contributed by atoms with van der Waals surface area (Å²) in [5.74, 6) is 1.04. The quantitative estimate of drug-likeness (QED) is 0.824. The molecule has 0 aliphatic heterocycles. The molecule has 1 N–H and O–H groups in total. The molecule has 0 bridgehead atoms. The van der Waals surface area contributed by atoms with Crippen LogP contribution < -0.4 is 5.32 Å².